The lowest BCUT2D eigenvalue weighted by atomic mass is 10.2. The molecule has 5 heteroatoms. The number of anilines is 1. The number of aryl methyl sites for hydroxylation is 2. The molecule has 1 aromatic carbocycles. The van der Waals surface area contributed by atoms with Crippen LogP contribution in [0.5, 0.6) is 0 Å². The molecular formula is C16H19N3OS. The summed E-state index contributed by atoms with van der Waals surface area (Å²) in [5, 5.41) is 8.21. The van der Waals surface area contributed by atoms with Gasteiger partial charge in [-0.1, -0.05) is 23.4 Å². The van der Waals surface area contributed by atoms with Gasteiger partial charge in [0, 0.05) is 17.3 Å². The van der Waals surface area contributed by atoms with Gasteiger partial charge in [-0.3, -0.25) is 0 Å². The van der Waals surface area contributed by atoms with Crippen molar-refractivity contribution in [2.24, 2.45) is 0 Å². The molecule has 0 bridgehead atoms. The molecule has 0 amide bonds. The Morgan fingerprint density at radius 3 is 2.62 bits per heavy atom. The molecule has 0 saturated heterocycles. The predicted molar refractivity (Wildman–Crippen MR) is 87.4 cm³/mol. The van der Waals surface area contributed by atoms with Crippen LogP contribution in [-0.2, 0) is 6.54 Å². The van der Waals surface area contributed by atoms with E-state index >= 15 is 0 Å². The number of hydrogen-bond acceptors (Lipinski definition) is 3. The Bertz CT molecular complexity index is 615. The van der Waals surface area contributed by atoms with Crippen molar-refractivity contribution >= 4 is 23.0 Å². The predicted octanol–water partition coefficient (Wildman–Crippen LogP) is 3.33. The lowest BCUT2D eigenvalue weighted by Gasteiger charge is -2.26. The zero-order valence-corrected chi connectivity index (χ0v) is 13.1. The van der Waals surface area contributed by atoms with E-state index in [1.54, 1.807) is 0 Å². The number of benzene rings is 1. The second kappa shape index (κ2) is 5.85. The van der Waals surface area contributed by atoms with Crippen molar-refractivity contribution in [2.75, 3.05) is 4.90 Å². The van der Waals surface area contributed by atoms with E-state index in [2.05, 4.69) is 27.5 Å². The highest BCUT2D eigenvalue weighted by atomic mass is 32.1. The van der Waals surface area contributed by atoms with Gasteiger partial charge in [-0.25, -0.2) is 0 Å². The number of nitrogens with one attached hydrogen (secondary N) is 1. The van der Waals surface area contributed by atoms with Gasteiger partial charge in [0.05, 0.1) is 12.2 Å². The van der Waals surface area contributed by atoms with Gasteiger partial charge in [0.25, 0.3) is 0 Å². The Balaban J connectivity index is 1.86. The molecule has 1 aliphatic carbocycles. The fraction of sp³-hybridized carbons (Fsp3) is 0.375. The van der Waals surface area contributed by atoms with Gasteiger partial charge in [-0.05, 0) is 51.0 Å². The van der Waals surface area contributed by atoms with Crippen molar-refractivity contribution in [3.05, 3.63) is 47.3 Å². The average Bonchev–Trinajstić information content (AvgIpc) is 3.24. The van der Waals surface area contributed by atoms with Gasteiger partial charge in [0.1, 0.15) is 5.76 Å². The van der Waals surface area contributed by atoms with Crippen molar-refractivity contribution in [2.45, 2.75) is 39.3 Å². The van der Waals surface area contributed by atoms with Crippen LogP contribution >= 0.6 is 12.2 Å². The van der Waals surface area contributed by atoms with E-state index in [1.165, 1.54) is 12.8 Å². The second-order valence-electron chi connectivity index (χ2n) is 5.45. The van der Waals surface area contributed by atoms with Crippen LogP contribution < -0.4 is 10.2 Å². The minimum absolute atomic E-state index is 0.536. The molecule has 2 aromatic rings. The van der Waals surface area contributed by atoms with E-state index in [-0.39, 0.29) is 0 Å². The minimum Gasteiger partial charge on any atom is -0.361 e. The molecule has 0 spiro atoms. The number of aromatic nitrogens is 1. The van der Waals surface area contributed by atoms with Gasteiger partial charge < -0.3 is 14.7 Å². The highest BCUT2D eigenvalue weighted by molar-refractivity contribution is 7.80. The number of thiocarbonyl (C=S) groups is 1. The number of nitrogens with zero attached hydrogens (tertiary/aromatic N) is 2. The van der Waals surface area contributed by atoms with Gasteiger partial charge in [0.15, 0.2) is 5.11 Å². The molecule has 0 atom stereocenters. The summed E-state index contributed by atoms with van der Waals surface area (Å²) in [5.41, 5.74) is 3.09. The standard InChI is InChI=1S/C16H19N3OS/c1-11-15(12(2)20-18-11)10-19(14-6-4-3-5-7-14)16(21)17-13-8-9-13/h3-7,13H,8-10H2,1-2H3,(H,17,21). The van der Waals surface area contributed by atoms with Crippen molar-refractivity contribution in [1.82, 2.24) is 10.5 Å². The molecule has 1 aliphatic rings. The molecule has 21 heavy (non-hydrogen) atoms. The smallest absolute Gasteiger partial charge is 0.173 e. The molecule has 0 radical (unpaired) electrons. The first-order valence-electron chi connectivity index (χ1n) is 7.20. The summed E-state index contributed by atoms with van der Waals surface area (Å²) in [7, 11) is 0. The highest BCUT2D eigenvalue weighted by Crippen LogP contribution is 2.23. The second-order valence-corrected chi connectivity index (χ2v) is 5.83. The molecule has 1 heterocycles. The van der Waals surface area contributed by atoms with E-state index in [9.17, 15) is 0 Å². The molecule has 1 saturated carbocycles. The Labute approximate surface area is 130 Å². The zero-order chi connectivity index (χ0) is 14.8. The average molecular weight is 301 g/mol. The first-order chi connectivity index (χ1) is 10.1. The largest absolute Gasteiger partial charge is 0.361 e. The van der Waals surface area contributed by atoms with Gasteiger partial charge in [0.2, 0.25) is 0 Å². The van der Waals surface area contributed by atoms with E-state index in [1.807, 2.05) is 32.0 Å². The van der Waals surface area contributed by atoms with Gasteiger partial charge >= 0.3 is 0 Å². The molecule has 1 fully saturated rings. The third-order valence-corrected chi connectivity index (χ3v) is 4.05. The van der Waals surface area contributed by atoms with Crippen LogP contribution in [0, 0.1) is 13.8 Å². The zero-order valence-electron chi connectivity index (χ0n) is 12.3. The maximum Gasteiger partial charge on any atom is 0.173 e. The number of para-hydroxylation sites is 1. The Morgan fingerprint density at radius 1 is 1.33 bits per heavy atom. The van der Waals surface area contributed by atoms with Crippen LogP contribution in [0.3, 0.4) is 0 Å². The summed E-state index contributed by atoms with van der Waals surface area (Å²) >= 11 is 5.60. The Hall–Kier alpha value is -1.88. The maximum atomic E-state index is 5.60. The third kappa shape index (κ3) is 3.24. The SMILES string of the molecule is Cc1noc(C)c1CN(C(=S)NC1CC1)c1ccccc1. The van der Waals surface area contributed by atoms with Gasteiger partial charge in [-0.15, -0.1) is 0 Å². The fourth-order valence-electron chi connectivity index (χ4n) is 2.25. The van der Waals surface area contributed by atoms with Crippen molar-refractivity contribution < 1.29 is 4.52 Å². The minimum atomic E-state index is 0.536. The molecule has 110 valence electrons. The van der Waals surface area contributed by atoms with Crippen LogP contribution in [0.2, 0.25) is 0 Å². The summed E-state index contributed by atoms with van der Waals surface area (Å²) in [5.74, 6) is 0.850. The Kier molecular flexibility index (Phi) is 3.92. The Morgan fingerprint density at radius 2 is 2.05 bits per heavy atom. The summed E-state index contributed by atoms with van der Waals surface area (Å²) < 4.78 is 5.26. The number of hydrogen-bond donors (Lipinski definition) is 1. The maximum absolute atomic E-state index is 5.60. The van der Waals surface area contributed by atoms with Crippen molar-refractivity contribution in [1.29, 1.82) is 0 Å². The van der Waals surface area contributed by atoms with E-state index in [4.69, 9.17) is 16.7 Å². The first-order valence-corrected chi connectivity index (χ1v) is 7.61. The highest BCUT2D eigenvalue weighted by Gasteiger charge is 2.25. The normalized spacial score (nSPS) is 14.0. The third-order valence-electron chi connectivity index (χ3n) is 3.72. The van der Waals surface area contributed by atoms with Crippen molar-refractivity contribution in [3.8, 4) is 0 Å². The lowest BCUT2D eigenvalue weighted by molar-refractivity contribution is 0.392. The van der Waals surface area contributed by atoms with E-state index < -0.39 is 0 Å². The van der Waals surface area contributed by atoms with Crippen molar-refractivity contribution in [3.63, 3.8) is 0 Å². The van der Waals surface area contributed by atoms with Crippen LogP contribution in [0.4, 0.5) is 5.69 Å². The summed E-state index contributed by atoms with van der Waals surface area (Å²) in [6.45, 7) is 4.58. The van der Waals surface area contributed by atoms with Gasteiger partial charge in [-0.2, -0.15) is 0 Å². The molecule has 0 unspecified atom stereocenters. The number of rotatable bonds is 4. The quantitative estimate of drug-likeness (QED) is 0.877. The molecule has 1 aromatic heterocycles. The summed E-state index contributed by atoms with van der Waals surface area (Å²) in [6.07, 6.45) is 2.40. The molecule has 0 aliphatic heterocycles. The van der Waals surface area contributed by atoms with E-state index in [0.29, 0.717) is 12.6 Å². The van der Waals surface area contributed by atoms with Crippen LogP contribution in [0.15, 0.2) is 34.9 Å². The van der Waals surface area contributed by atoms with Crippen LogP contribution in [0.1, 0.15) is 29.9 Å². The topological polar surface area (TPSA) is 41.3 Å². The van der Waals surface area contributed by atoms with Crippen LogP contribution in [0.25, 0.3) is 0 Å². The lowest BCUT2D eigenvalue weighted by Crippen LogP contribution is -2.40. The molecule has 1 N–H and O–H groups in total. The monoisotopic (exact) mass is 301 g/mol. The van der Waals surface area contributed by atoms with Crippen LogP contribution in [-0.4, -0.2) is 16.3 Å². The summed E-state index contributed by atoms with van der Waals surface area (Å²) in [6, 6.07) is 10.7. The fourth-order valence-corrected chi connectivity index (χ4v) is 2.59. The van der Waals surface area contributed by atoms with E-state index in [0.717, 1.165) is 27.8 Å². The molecule has 4 nitrogen and oxygen atoms in total. The molecular weight excluding hydrogens is 282 g/mol. The molecule has 3 rings (SSSR count). The summed E-state index contributed by atoms with van der Waals surface area (Å²) in [4.78, 5) is 2.11. The first kappa shape index (κ1) is 14.1.